The molecule has 0 bridgehead atoms. The summed E-state index contributed by atoms with van der Waals surface area (Å²) in [6, 6.07) is 14.8. The largest absolute Gasteiger partial charge is 0.466 e. The first-order chi connectivity index (χ1) is 11.2. The zero-order valence-electron chi connectivity index (χ0n) is 14.2. The van der Waals surface area contributed by atoms with Crippen molar-refractivity contribution in [2.45, 2.75) is 32.3 Å². The van der Waals surface area contributed by atoms with Gasteiger partial charge in [-0.2, -0.15) is 0 Å². The lowest BCUT2D eigenvalue weighted by molar-refractivity contribution is -0.132. The molecule has 0 saturated carbocycles. The van der Waals surface area contributed by atoms with Crippen LogP contribution in [0.25, 0.3) is 0 Å². The van der Waals surface area contributed by atoms with E-state index in [2.05, 4.69) is 55.1 Å². The molecule has 1 aromatic carbocycles. The number of hydrogen-bond donors (Lipinski definition) is 0. The summed E-state index contributed by atoms with van der Waals surface area (Å²) in [5.74, 6) is 1.40. The van der Waals surface area contributed by atoms with E-state index in [9.17, 15) is 0 Å². The Morgan fingerprint density at radius 1 is 1.22 bits per heavy atom. The van der Waals surface area contributed by atoms with Crippen molar-refractivity contribution in [3.05, 3.63) is 60.1 Å². The van der Waals surface area contributed by atoms with Gasteiger partial charge >= 0.3 is 0 Å². The second-order valence-electron chi connectivity index (χ2n) is 6.49. The number of ether oxygens (including phenoxy) is 1. The minimum Gasteiger partial charge on any atom is -0.466 e. The van der Waals surface area contributed by atoms with E-state index in [1.165, 1.54) is 5.56 Å². The molecule has 3 nitrogen and oxygen atoms in total. The van der Waals surface area contributed by atoms with Crippen molar-refractivity contribution in [2.75, 3.05) is 26.2 Å². The Balaban J connectivity index is 1.64. The highest BCUT2D eigenvalue weighted by Gasteiger charge is 2.44. The Morgan fingerprint density at radius 2 is 2.04 bits per heavy atom. The summed E-state index contributed by atoms with van der Waals surface area (Å²) in [6.45, 7) is 8.28. The smallest absolute Gasteiger partial charge is 0.135 e. The van der Waals surface area contributed by atoms with Crippen LogP contribution in [-0.2, 0) is 16.8 Å². The zero-order valence-corrected chi connectivity index (χ0v) is 14.2. The fourth-order valence-corrected chi connectivity index (χ4v) is 3.76. The maximum absolute atomic E-state index is 6.22. The quantitative estimate of drug-likeness (QED) is 0.803. The van der Waals surface area contributed by atoms with Crippen LogP contribution in [0.4, 0.5) is 0 Å². The molecular formula is C20H27NO2. The normalized spacial score (nSPS) is 25.6. The number of nitrogens with zero attached hydrogens (tertiary/aromatic N) is 1. The summed E-state index contributed by atoms with van der Waals surface area (Å²) < 4.78 is 11.9. The van der Waals surface area contributed by atoms with Crippen molar-refractivity contribution in [1.82, 2.24) is 4.90 Å². The van der Waals surface area contributed by atoms with E-state index in [1.54, 1.807) is 6.26 Å². The third kappa shape index (κ3) is 3.51. The van der Waals surface area contributed by atoms with E-state index in [1.807, 2.05) is 6.07 Å². The highest BCUT2D eigenvalue weighted by molar-refractivity contribution is 5.16. The minimum absolute atomic E-state index is 0.262. The van der Waals surface area contributed by atoms with Crippen LogP contribution in [0.15, 0.2) is 53.1 Å². The fraction of sp³-hybridized carbons (Fsp3) is 0.500. The van der Waals surface area contributed by atoms with Crippen molar-refractivity contribution in [3.8, 4) is 0 Å². The topological polar surface area (TPSA) is 25.6 Å². The Kier molecular flexibility index (Phi) is 5.19. The predicted molar refractivity (Wildman–Crippen MR) is 92.4 cm³/mol. The van der Waals surface area contributed by atoms with Crippen molar-refractivity contribution in [1.29, 1.82) is 0 Å². The molecule has 2 aromatic rings. The molecule has 23 heavy (non-hydrogen) atoms. The van der Waals surface area contributed by atoms with Gasteiger partial charge < -0.3 is 14.1 Å². The Hall–Kier alpha value is -1.58. The van der Waals surface area contributed by atoms with Gasteiger partial charge in [-0.05, 0) is 37.5 Å². The van der Waals surface area contributed by atoms with E-state index >= 15 is 0 Å². The SMILES string of the molecule is CCO[C@]1(c2ccco2)CCN(CCc2ccccc2)C[C@H]1C. The average molecular weight is 313 g/mol. The Bertz CT molecular complexity index is 581. The molecule has 0 unspecified atom stereocenters. The molecule has 3 heteroatoms. The molecule has 1 aliphatic rings. The van der Waals surface area contributed by atoms with Gasteiger partial charge in [-0.25, -0.2) is 0 Å². The number of benzene rings is 1. The standard InChI is InChI=1S/C20H27NO2/c1-3-23-20(19-10-7-15-22-19)12-14-21(16-17(20)2)13-11-18-8-5-4-6-9-18/h4-10,15,17H,3,11-14,16H2,1-2H3/t17-,20-/m1/s1. The summed E-state index contributed by atoms with van der Waals surface area (Å²) in [6.07, 6.45) is 3.85. The number of piperidine rings is 1. The predicted octanol–water partition coefficient (Wildman–Crippen LogP) is 4.10. The van der Waals surface area contributed by atoms with Gasteiger partial charge in [0.2, 0.25) is 0 Å². The van der Waals surface area contributed by atoms with Gasteiger partial charge in [0.25, 0.3) is 0 Å². The monoisotopic (exact) mass is 313 g/mol. The molecular weight excluding hydrogens is 286 g/mol. The van der Waals surface area contributed by atoms with Crippen molar-refractivity contribution in [3.63, 3.8) is 0 Å². The van der Waals surface area contributed by atoms with E-state index in [0.29, 0.717) is 5.92 Å². The van der Waals surface area contributed by atoms with E-state index in [-0.39, 0.29) is 5.60 Å². The molecule has 0 aliphatic carbocycles. The minimum atomic E-state index is -0.262. The second-order valence-corrected chi connectivity index (χ2v) is 6.49. The summed E-state index contributed by atoms with van der Waals surface area (Å²) >= 11 is 0. The first-order valence-electron chi connectivity index (χ1n) is 8.69. The van der Waals surface area contributed by atoms with Crippen LogP contribution < -0.4 is 0 Å². The van der Waals surface area contributed by atoms with Crippen molar-refractivity contribution >= 4 is 0 Å². The van der Waals surface area contributed by atoms with Gasteiger partial charge in [-0.1, -0.05) is 37.3 Å². The van der Waals surface area contributed by atoms with Crippen molar-refractivity contribution < 1.29 is 9.15 Å². The molecule has 0 radical (unpaired) electrons. The van der Waals surface area contributed by atoms with Crippen LogP contribution in [0, 0.1) is 5.92 Å². The summed E-state index contributed by atoms with van der Waals surface area (Å²) in [4.78, 5) is 2.55. The Labute approximate surface area is 139 Å². The fourth-order valence-electron chi connectivity index (χ4n) is 3.76. The highest BCUT2D eigenvalue weighted by atomic mass is 16.5. The average Bonchev–Trinajstić information content (AvgIpc) is 3.11. The molecule has 1 saturated heterocycles. The molecule has 0 amide bonds. The molecule has 124 valence electrons. The van der Waals surface area contributed by atoms with Gasteiger partial charge in [-0.15, -0.1) is 0 Å². The lowest BCUT2D eigenvalue weighted by Crippen LogP contribution is -2.50. The van der Waals surface area contributed by atoms with Crippen LogP contribution in [0.1, 0.15) is 31.6 Å². The summed E-state index contributed by atoms with van der Waals surface area (Å²) in [7, 11) is 0. The summed E-state index contributed by atoms with van der Waals surface area (Å²) in [5, 5.41) is 0. The molecule has 0 spiro atoms. The summed E-state index contributed by atoms with van der Waals surface area (Å²) in [5.41, 5.74) is 1.15. The maximum Gasteiger partial charge on any atom is 0.135 e. The molecule has 3 rings (SSSR count). The first kappa shape index (κ1) is 16.3. The van der Waals surface area contributed by atoms with Crippen LogP contribution in [0.5, 0.6) is 0 Å². The van der Waals surface area contributed by atoms with Gasteiger partial charge in [0.1, 0.15) is 11.4 Å². The molecule has 1 aromatic heterocycles. The third-order valence-corrected chi connectivity index (χ3v) is 5.03. The third-order valence-electron chi connectivity index (χ3n) is 5.03. The highest BCUT2D eigenvalue weighted by Crippen LogP contribution is 2.41. The number of furan rings is 1. The van der Waals surface area contributed by atoms with Crippen molar-refractivity contribution in [2.24, 2.45) is 5.92 Å². The first-order valence-corrected chi connectivity index (χ1v) is 8.69. The van der Waals surface area contributed by atoms with E-state index in [4.69, 9.17) is 9.15 Å². The van der Waals surface area contributed by atoms with Crippen LogP contribution in [0.2, 0.25) is 0 Å². The van der Waals surface area contributed by atoms with Gasteiger partial charge in [0, 0.05) is 32.2 Å². The van der Waals surface area contributed by atoms with E-state index < -0.39 is 0 Å². The maximum atomic E-state index is 6.22. The molecule has 1 aliphatic heterocycles. The molecule has 2 heterocycles. The van der Waals surface area contributed by atoms with Crippen LogP contribution in [0.3, 0.4) is 0 Å². The number of rotatable bonds is 6. The lowest BCUT2D eigenvalue weighted by atomic mass is 9.79. The Morgan fingerprint density at radius 3 is 2.70 bits per heavy atom. The lowest BCUT2D eigenvalue weighted by Gasteiger charge is -2.45. The zero-order chi connectivity index (χ0) is 16.1. The van der Waals surface area contributed by atoms with Crippen LogP contribution in [-0.4, -0.2) is 31.1 Å². The molecule has 1 fully saturated rings. The second kappa shape index (κ2) is 7.33. The van der Waals surface area contributed by atoms with Gasteiger partial charge in [0.15, 0.2) is 0 Å². The van der Waals surface area contributed by atoms with Gasteiger partial charge in [0.05, 0.1) is 6.26 Å². The van der Waals surface area contributed by atoms with Gasteiger partial charge in [-0.3, -0.25) is 0 Å². The number of hydrogen-bond acceptors (Lipinski definition) is 3. The van der Waals surface area contributed by atoms with E-state index in [0.717, 1.165) is 44.8 Å². The number of likely N-dealkylation sites (tertiary alicyclic amines) is 1. The molecule has 0 N–H and O–H groups in total. The molecule has 2 atom stereocenters. The van der Waals surface area contributed by atoms with Crippen LogP contribution >= 0.6 is 0 Å².